The lowest BCUT2D eigenvalue weighted by Gasteiger charge is -2.10. The van der Waals surface area contributed by atoms with Gasteiger partial charge < -0.3 is 14.3 Å². The molecule has 1 aromatic carbocycles. The molecule has 0 saturated carbocycles. The van der Waals surface area contributed by atoms with E-state index in [-0.39, 0.29) is 11.3 Å². The van der Waals surface area contributed by atoms with Crippen LogP contribution in [0.5, 0.6) is 5.75 Å². The van der Waals surface area contributed by atoms with Gasteiger partial charge in [0.15, 0.2) is 0 Å². The van der Waals surface area contributed by atoms with Gasteiger partial charge >= 0.3 is 11.9 Å². The molecule has 0 unspecified atom stereocenters. The molecule has 0 aliphatic heterocycles. The third-order valence-corrected chi connectivity index (χ3v) is 2.34. The average Bonchev–Trinajstić information content (AvgIpc) is 2.38. The number of nitrogens with one attached hydrogen (secondary N) is 1. The van der Waals surface area contributed by atoms with Crippen LogP contribution in [-0.4, -0.2) is 32.7 Å². The van der Waals surface area contributed by atoms with Crippen LogP contribution < -0.4 is 10.2 Å². The Kier molecular flexibility index (Phi) is 5.98. The zero-order valence-electron chi connectivity index (χ0n) is 11.2. The molecule has 0 bridgehead atoms. The topological polar surface area (TPSA) is 73.9 Å². The fraction of sp³-hybridized carbons (Fsp3) is 0.385. The fourth-order valence-electron chi connectivity index (χ4n) is 1.51. The highest BCUT2D eigenvalue weighted by molar-refractivity contribution is 5.93. The molecule has 0 aliphatic carbocycles. The molecule has 19 heavy (non-hydrogen) atoms. The number of methoxy groups -OCH3 is 1. The maximum absolute atomic E-state index is 11.5. The van der Waals surface area contributed by atoms with Crippen LogP contribution in [0.4, 0.5) is 0 Å². The number of hydrogen-bond donors (Lipinski definition) is 1. The minimum absolute atomic E-state index is 0.196. The highest BCUT2D eigenvalue weighted by Crippen LogP contribution is 2.22. The van der Waals surface area contributed by atoms with Crippen LogP contribution in [-0.2, 0) is 20.8 Å². The average molecular weight is 267 g/mol. The third-order valence-electron chi connectivity index (χ3n) is 2.34. The second kappa shape index (κ2) is 7.50. The number of carbonyl (C=O) groups is 2. The summed E-state index contributed by atoms with van der Waals surface area (Å²) in [5, 5.41) is 0. The van der Waals surface area contributed by atoms with Gasteiger partial charge in [0.1, 0.15) is 11.3 Å². The summed E-state index contributed by atoms with van der Waals surface area (Å²) in [6.45, 7) is 1.74. The second-order valence-corrected chi connectivity index (χ2v) is 3.72. The number of benzene rings is 1. The first kappa shape index (κ1) is 15.1. The van der Waals surface area contributed by atoms with E-state index in [0.29, 0.717) is 13.0 Å². The normalized spacial score (nSPS) is 10.1. The van der Waals surface area contributed by atoms with E-state index >= 15 is 0 Å². The minimum atomic E-state index is -0.547. The third kappa shape index (κ3) is 4.69. The second-order valence-electron chi connectivity index (χ2n) is 3.72. The largest absolute Gasteiger partial charge is 0.465 e. The molecule has 0 aliphatic rings. The van der Waals surface area contributed by atoms with Crippen LogP contribution in [0.2, 0.25) is 0 Å². The monoisotopic (exact) mass is 267 g/mol. The van der Waals surface area contributed by atoms with Gasteiger partial charge in [0.2, 0.25) is 0 Å². The van der Waals surface area contributed by atoms with Crippen LogP contribution in [0.3, 0.4) is 0 Å². The molecular weight excluding hydrogens is 250 g/mol. The molecule has 0 amide bonds. The Bertz CT molecular complexity index is 458. The fourth-order valence-corrected chi connectivity index (χ4v) is 1.51. The summed E-state index contributed by atoms with van der Waals surface area (Å²) in [6.07, 6.45) is 0.622. The summed E-state index contributed by atoms with van der Waals surface area (Å²) in [4.78, 5) is 27.6. The summed E-state index contributed by atoms with van der Waals surface area (Å²) >= 11 is 0. The smallest absolute Gasteiger partial charge is 0.341 e. The molecule has 0 heterocycles. The van der Waals surface area contributed by atoms with Crippen molar-refractivity contribution in [1.29, 1.82) is 0 Å². The van der Waals surface area contributed by atoms with Gasteiger partial charge in [-0.3, -0.25) is 4.79 Å². The van der Waals surface area contributed by atoms with Crippen LogP contribution in [0.25, 0.3) is 0 Å². The van der Waals surface area contributed by atoms with E-state index in [0.717, 1.165) is 5.56 Å². The van der Waals surface area contributed by atoms with Crippen molar-refractivity contribution in [3.05, 3.63) is 29.3 Å². The molecule has 0 aromatic heterocycles. The molecule has 0 fully saturated rings. The van der Waals surface area contributed by atoms with Crippen molar-refractivity contribution < 1.29 is 23.9 Å². The number of esters is 2. The molecule has 0 saturated heterocycles. The van der Waals surface area contributed by atoms with E-state index in [4.69, 9.17) is 9.57 Å². The number of hydrogen-bond acceptors (Lipinski definition) is 6. The Hall–Kier alpha value is -1.92. The predicted octanol–water partition coefficient (Wildman–Crippen LogP) is 1.09. The van der Waals surface area contributed by atoms with Gasteiger partial charge in [-0.05, 0) is 24.1 Å². The number of ether oxygens (including phenoxy) is 2. The molecule has 1 aromatic rings. The Balaban J connectivity index is 2.94. The summed E-state index contributed by atoms with van der Waals surface area (Å²) in [5.74, 6) is -0.843. The quantitative estimate of drug-likeness (QED) is 0.360. The van der Waals surface area contributed by atoms with Crippen molar-refractivity contribution >= 4 is 11.9 Å². The lowest BCUT2D eigenvalue weighted by atomic mass is 10.1. The summed E-state index contributed by atoms with van der Waals surface area (Å²) in [5.41, 5.74) is 3.67. The number of carbonyl (C=O) groups excluding carboxylic acids is 2. The molecule has 6 heteroatoms. The van der Waals surface area contributed by atoms with E-state index in [9.17, 15) is 9.59 Å². The Morgan fingerprint density at radius 3 is 2.63 bits per heavy atom. The minimum Gasteiger partial charge on any atom is -0.465 e. The van der Waals surface area contributed by atoms with Gasteiger partial charge in [-0.2, -0.15) is 0 Å². The highest BCUT2D eigenvalue weighted by Gasteiger charge is 2.15. The van der Waals surface area contributed by atoms with Gasteiger partial charge in [-0.15, -0.1) is 0 Å². The number of rotatable bonds is 6. The molecular formula is C13H17NO5. The Labute approximate surface area is 111 Å². The molecule has 1 rings (SSSR count). The summed E-state index contributed by atoms with van der Waals surface area (Å²) < 4.78 is 9.65. The van der Waals surface area contributed by atoms with E-state index in [1.165, 1.54) is 14.0 Å². The van der Waals surface area contributed by atoms with Gasteiger partial charge in [-0.25, -0.2) is 10.3 Å². The molecule has 1 N–H and O–H groups in total. The van der Waals surface area contributed by atoms with Crippen LogP contribution in [0.15, 0.2) is 18.2 Å². The lowest BCUT2D eigenvalue weighted by Crippen LogP contribution is -2.12. The van der Waals surface area contributed by atoms with Crippen molar-refractivity contribution in [3.63, 3.8) is 0 Å². The van der Waals surface area contributed by atoms with Crippen LogP contribution in [0.1, 0.15) is 22.8 Å². The molecule has 0 atom stereocenters. The maximum atomic E-state index is 11.5. The van der Waals surface area contributed by atoms with E-state index in [2.05, 4.69) is 10.2 Å². The first-order valence-corrected chi connectivity index (χ1v) is 5.76. The SMILES string of the molecule is CNOCCc1ccc(C(=O)OC)c(OC(C)=O)c1. The first-order chi connectivity index (χ1) is 9.08. The molecule has 104 valence electrons. The standard InChI is InChI=1S/C13H17NO5/c1-9(15)19-12-8-10(6-7-18-14-2)4-5-11(12)13(16)17-3/h4-5,8,14H,6-7H2,1-3H3. The van der Waals surface area contributed by atoms with Crippen LogP contribution in [0, 0.1) is 0 Å². The van der Waals surface area contributed by atoms with E-state index in [1.54, 1.807) is 25.2 Å². The van der Waals surface area contributed by atoms with Crippen molar-refractivity contribution in [3.8, 4) is 5.75 Å². The van der Waals surface area contributed by atoms with Gasteiger partial charge in [0, 0.05) is 14.0 Å². The molecule has 6 nitrogen and oxygen atoms in total. The summed E-state index contributed by atoms with van der Waals surface area (Å²) in [7, 11) is 2.94. The van der Waals surface area contributed by atoms with Crippen molar-refractivity contribution in [2.45, 2.75) is 13.3 Å². The lowest BCUT2D eigenvalue weighted by molar-refractivity contribution is -0.131. The highest BCUT2D eigenvalue weighted by atomic mass is 16.6. The Morgan fingerprint density at radius 2 is 2.05 bits per heavy atom. The van der Waals surface area contributed by atoms with E-state index < -0.39 is 11.9 Å². The first-order valence-electron chi connectivity index (χ1n) is 5.76. The van der Waals surface area contributed by atoms with Crippen molar-refractivity contribution in [1.82, 2.24) is 5.48 Å². The van der Waals surface area contributed by atoms with Crippen molar-refractivity contribution in [2.24, 2.45) is 0 Å². The Morgan fingerprint density at radius 1 is 1.32 bits per heavy atom. The van der Waals surface area contributed by atoms with Crippen LogP contribution >= 0.6 is 0 Å². The summed E-state index contributed by atoms with van der Waals surface area (Å²) in [6, 6.07) is 4.96. The van der Waals surface area contributed by atoms with Gasteiger partial charge in [-0.1, -0.05) is 6.07 Å². The zero-order valence-corrected chi connectivity index (χ0v) is 11.2. The predicted molar refractivity (Wildman–Crippen MR) is 67.8 cm³/mol. The maximum Gasteiger partial charge on any atom is 0.341 e. The zero-order chi connectivity index (χ0) is 14.3. The van der Waals surface area contributed by atoms with E-state index in [1.807, 2.05) is 0 Å². The molecule has 0 radical (unpaired) electrons. The number of hydroxylamine groups is 1. The molecule has 0 spiro atoms. The van der Waals surface area contributed by atoms with Crippen molar-refractivity contribution in [2.75, 3.05) is 20.8 Å². The van der Waals surface area contributed by atoms with Gasteiger partial charge in [0.25, 0.3) is 0 Å². The van der Waals surface area contributed by atoms with Gasteiger partial charge in [0.05, 0.1) is 13.7 Å².